The zero-order chi connectivity index (χ0) is 17.6. The summed E-state index contributed by atoms with van der Waals surface area (Å²) >= 11 is 0. The molecule has 0 saturated carbocycles. The van der Waals surface area contributed by atoms with E-state index >= 15 is 0 Å². The van der Waals surface area contributed by atoms with Crippen LogP contribution in [0.1, 0.15) is 36.4 Å². The zero-order valence-corrected chi connectivity index (χ0v) is 14.9. The van der Waals surface area contributed by atoms with Gasteiger partial charge in [-0.05, 0) is 30.9 Å². The Bertz CT molecular complexity index is 703. The second-order valence-electron chi connectivity index (χ2n) is 6.56. The van der Waals surface area contributed by atoms with Crippen molar-refractivity contribution in [2.45, 2.75) is 31.9 Å². The van der Waals surface area contributed by atoms with Crippen molar-refractivity contribution in [1.82, 2.24) is 9.88 Å². The Hall–Kier alpha value is -2.56. The van der Waals surface area contributed by atoms with Crippen molar-refractivity contribution in [3.05, 3.63) is 59.8 Å². The van der Waals surface area contributed by atoms with Crippen LogP contribution in [0.3, 0.4) is 0 Å². The van der Waals surface area contributed by atoms with E-state index in [1.165, 1.54) is 0 Å². The SMILES string of the molecule is CN(C)c1ncccc1[C@H]1CCCCN1C(=O)OCc1ccccc1. The van der Waals surface area contributed by atoms with Crippen molar-refractivity contribution >= 4 is 11.9 Å². The maximum absolute atomic E-state index is 12.7. The number of piperidine rings is 1. The molecule has 0 N–H and O–H groups in total. The third-order valence-corrected chi connectivity index (χ3v) is 4.54. The van der Waals surface area contributed by atoms with Gasteiger partial charge < -0.3 is 14.5 Å². The van der Waals surface area contributed by atoms with Crippen LogP contribution >= 0.6 is 0 Å². The summed E-state index contributed by atoms with van der Waals surface area (Å²) in [6, 6.07) is 13.8. The van der Waals surface area contributed by atoms with E-state index in [0.29, 0.717) is 6.61 Å². The lowest BCUT2D eigenvalue weighted by Gasteiger charge is -2.36. The van der Waals surface area contributed by atoms with Gasteiger partial charge in [-0.15, -0.1) is 0 Å². The minimum atomic E-state index is -0.248. The molecule has 0 bridgehead atoms. The maximum atomic E-state index is 12.7. The van der Waals surface area contributed by atoms with Crippen molar-refractivity contribution in [2.75, 3.05) is 25.5 Å². The number of likely N-dealkylation sites (tertiary alicyclic amines) is 1. The van der Waals surface area contributed by atoms with E-state index in [1.54, 1.807) is 6.20 Å². The van der Waals surface area contributed by atoms with E-state index in [4.69, 9.17) is 4.74 Å². The lowest BCUT2D eigenvalue weighted by Crippen LogP contribution is -2.39. The molecule has 1 amide bonds. The molecule has 1 atom stereocenters. The number of aromatic nitrogens is 1. The molecular formula is C20H25N3O2. The van der Waals surface area contributed by atoms with E-state index < -0.39 is 0 Å². The number of anilines is 1. The van der Waals surface area contributed by atoms with Crippen LogP contribution in [0, 0.1) is 0 Å². The highest BCUT2D eigenvalue weighted by molar-refractivity contribution is 5.69. The molecule has 1 aliphatic heterocycles. The molecule has 0 aliphatic carbocycles. The second-order valence-corrected chi connectivity index (χ2v) is 6.56. The summed E-state index contributed by atoms with van der Waals surface area (Å²) < 4.78 is 5.57. The Balaban J connectivity index is 1.76. The monoisotopic (exact) mass is 339 g/mol. The smallest absolute Gasteiger partial charge is 0.410 e. The molecular weight excluding hydrogens is 314 g/mol. The number of ether oxygens (including phenoxy) is 1. The fourth-order valence-corrected chi connectivity index (χ4v) is 3.32. The normalized spacial score (nSPS) is 17.2. The van der Waals surface area contributed by atoms with Gasteiger partial charge >= 0.3 is 6.09 Å². The van der Waals surface area contributed by atoms with Gasteiger partial charge in [-0.2, -0.15) is 0 Å². The molecule has 1 aliphatic rings. The fraction of sp³-hybridized carbons (Fsp3) is 0.400. The van der Waals surface area contributed by atoms with Crippen molar-refractivity contribution in [3.8, 4) is 0 Å². The molecule has 1 fully saturated rings. The third-order valence-electron chi connectivity index (χ3n) is 4.54. The number of amides is 1. The number of benzene rings is 1. The van der Waals surface area contributed by atoms with Gasteiger partial charge in [0, 0.05) is 32.4 Å². The summed E-state index contributed by atoms with van der Waals surface area (Å²) in [5.41, 5.74) is 2.09. The highest BCUT2D eigenvalue weighted by Crippen LogP contribution is 2.35. The second kappa shape index (κ2) is 8.01. The van der Waals surface area contributed by atoms with Gasteiger partial charge in [0.1, 0.15) is 12.4 Å². The predicted molar refractivity (Wildman–Crippen MR) is 98.5 cm³/mol. The number of rotatable bonds is 4. The summed E-state index contributed by atoms with van der Waals surface area (Å²) in [4.78, 5) is 21.0. The summed E-state index contributed by atoms with van der Waals surface area (Å²) in [5, 5.41) is 0. The summed E-state index contributed by atoms with van der Waals surface area (Å²) in [7, 11) is 3.96. The molecule has 1 aromatic heterocycles. The van der Waals surface area contributed by atoms with E-state index in [9.17, 15) is 4.79 Å². The van der Waals surface area contributed by atoms with Crippen LogP contribution in [0.5, 0.6) is 0 Å². The van der Waals surface area contributed by atoms with Crippen LogP contribution in [-0.2, 0) is 11.3 Å². The maximum Gasteiger partial charge on any atom is 0.410 e. The van der Waals surface area contributed by atoms with Crippen LogP contribution < -0.4 is 4.90 Å². The van der Waals surface area contributed by atoms with E-state index in [-0.39, 0.29) is 12.1 Å². The van der Waals surface area contributed by atoms with Gasteiger partial charge in [-0.3, -0.25) is 0 Å². The van der Waals surface area contributed by atoms with Crippen molar-refractivity contribution in [2.24, 2.45) is 0 Å². The largest absolute Gasteiger partial charge is 0.445 e. The molecule has 0 radical (unpaired) electrons. The van der Waals surface area contributed by atoms with Gasteiger partial charge in [-0.25, -0.2) is 9.78 Å². The first kappa shape index (κ1) is 17.3. The summed E-state index contributed by atoms with van der Waals surface area (Å²) in [5.74, 6) is 0.912. The third kappa shape index (κ3) is 4.10. The lowest BCUT2D eigenvalue weighted by molar-refractivity contribution is 0.0679. The topological polar surface area (TPSA) is 45.7 Å². The Labute approximate surface area is 149 Å². The zero-order valence-electron chi connectivity index (χ0n) is 14.9. The minimum absolute atomic E-state index is 0.0168. The highest BCUT2D eigenvalue weighted by atomic mass is 16.6. The quantitative estimate of drug-likeness (QED) is 0.844. The van der Waals surface area contributed by atoms with Crippen molar-refractivity contribution < 1.29 is 9.53 Å². The van der Waals surface area contributed by atoms with Crippen LogP contribution in [0.4, 0.5) is 10.6 Å². The Kier molecular flexibility index (Phi) is 5.53. The molecule has 2 heterocycles. The minimum Gasteiger partial charge on any atom is -0.445 e. The molecule has 2 aromatic rings. The van der Waals surface area contributed by atoms with Gasteiger partial charge in [0.15, 0.2) is 0 Å². The molecule has 1 aromatic carbocycles. The van der Waals surface area contributed by atoms with Gasteiger partial charge in [0.05, 0.1) is 6.04 Å². The standard InChI is InChI=1S/C20H25N3O2/c1-22(2)19-17(11-8-13-21-19)18-12-6-7-14-23(18)20(24)25-15-16-9-4-3-5-10-16/h3-5,8-11,13,18H,6-7,12,14-15H2,1-2H3/t18-/m1/s1. The molecule has 1 saturated heterocycles. The lowest BCUT2D eigenvalue weighted by atomic mass is 9.96. The van der Waals surface area contributed by atoms with E-state index in [0.717, 1.165) is 42.8 Å². The van der Waals surface area contributed by atoms with E-state index in [2.05, 4.69) is 11.1 Å². The molecule has 0 spiro atoms. The molecule has 25 heavy (non-hydrogen) atoms. The average Bonchev–Trinajstić information content (AvgIpc) is 2.67. The Morgan fingerprint density at radius 1 is 1.20 bits per heavy atom. The number of carbonyl (C=O) groups excluding carboxylic acids is 1. The fourth-order valence-electron chi connectivity index (χ4n) is 3.32. The van der Waals surface area contributed by atoms with Crippen LogP contribution in [0.15, 0.2) is 48.7 Å². The molecule has 0 unspecified atom stereocenters. The summed E-state index contributed by atoms with van der Waals surface area (Å²) in [6.45, 7) is 1.02. The number of hydrogen-bond donors (Lipinski definition) is 0. The first-order valence-corrected chi connectivity index (χ1v) is 8.76. The first-order valence-electron chi connectivity index (χ1n) is 8.76. The predicted octanol–water partition coefficient (Wildman–Crippen LogP) is 4.01. The first-order chi connectivity index (χ1) is 12.2. The number of carbonyl (C=O) groups is 1. The molecule has 132 valence electrons. The molecule has 5 nitrogen and oxygen atoms in total. The van der Waals surface area contributed by atoms with Crippen molar-refractivity contribution in [1.29, 1.82) is 0 Å². The van der Waals surface area contributed by atoms with Gasteiger partial charge in [0.25, 0.3) is 0 Å². The molecule has 3 rings (SSSR count). The van der Waals surface area contributed by atoms with E-state index in [1.807, 2.05) is 60.3 Å². The number of nitrogens with zero attached hydrogens (tertiary/aromatic N) is 3. The van der Waals surface area contributed by atoms with Crippen LogP contribution in [0.2, 0.25) is 0 Å². The Morgan fingerprint density at radius 2 is 2.00 bits per heavy atom. The number of hydrogen-bond acceptors (Lipinski definition) is 4. The van der Waals surface area contributed by atoms with Crippen molar-refractivity contribution in [3.63, 3.8) is 0 Å². The van der Waals surface area contributed by atoms with Crippen LogP contribution in [0.25, 0.3) is 0 Å². The highest BCUT2D eigenvalue weighted by Gasteiger charge is 2.31. The Morgan fingerprint density at radius 3 is 2.76 bits per heavy atom. The van der Waals surface area contributed by atoms with Gasteiger partial charge in [0.2, 0.25) is 0 Å². The summed E-state index contributed by atoms with van der Waals surface area (Å²) in [6.07, 6.45) is 4.60. The van der Waals surface area contributed by atoms with Gasteiger partial charge in [-0.1, -0.05) is 36.4 Å². The van der Waals surface area contributed by atoms with Crippen LogP contribution in [-0.4, -0.2) is 36.6 Å². The number of pyridine rings is 1. The average molecular weight is 339 g/mol. The molecule has 5 heteroatoms.